The molecule has 1 amide bonds. The maximum atomic E-state index is 12.5. The Bertz CT molecular complexity index is 423. The van der Waals surface area contributed by atoms with E-state index in [2.05, 4.69) is 0 Å². The number of hydrogen-bond acceptors (Lipinski definition) is 2. The molecule has 0 saturated heterocycles. The van der Waals surface area contributed by atoms with E-state index in [9.17, 15) is 4.79 Å². The number of halogens is 1. The molecule has 1 aromatic heterocycles. The number of carbonyl (C=O) groups is 1. The highest BCUT2D eigenvalue weighted by Crippen LogP contribution is 2.27. The average molecular weight is 270 g/mol. The molecular weight excluding hydrogens is 250 g/mol. The molecule has 1 aromatic rings. The van der Waals surface area contributed by atoms with E-state index >= 15 is 0 Å². The summed E-state index contributed by atoms with van der Waals surface area (Å²) in [5, 5.41) is 0. The molecule has 2 rings (SSSR count). The average Bonchev–Trinajstić information content (AvgIpc) is 2.60. The van der Waals surface area contributed by atoms with Crippen molar-refractivity contribution in [3.8, 4) is 0 Å². The van der Waals surface area contributed by atoms with Crippen LogP contribution in [0.5, 0.6) is 0 Å². The highest BCUT2D eigenvalue weighted by molar-refractivity contribution is 6.17. The van der Waals surface area contributed by atoms with E-state index in [0.717, 1.165) is 31.6 Å². The van der Waals surface area contributed by atoms with Gasteiger partial charge >= 0.3 is 0 Å². The molecule has 0 bridgehead atoms. The van der Waals surface area contributed by atoms with Crippen molar-refractivity contribution >= 4 is 17.5 Å². The Hall–Kier alpha value is -0.960. The molecule has 3 nitrogen and oxygen atoms in total. The summed E-state index contributed by atoms with van der Waals surface area (Å²) in [4.78, 5) is 14.5. The van der Waals surface area contributed by atoms with Crippen LogP contribution >= 0.6 is 11.6 Å². The lowest BCUT2D eigenvalue weighted by atomic mass is 9.91. The van der Waals surface area contributed by atoms with Gasteiger partial charge in [0.2, 0.25) is 0 Å². The molecule has 0 atom stereocenters. The minimum Gasteiger partial charge on any atom is -0.466 e. The number of amides is 1. The summed E-state index contributed by atoms with van der Waals surface area (Å²) in [6.07, 6.45) is 4.30. The number of aryl methyl sites for hydroxylation is 2. The lowest BCUT2D eigenvalue weighted by Crippen LogP contribution is -2.44. The van der Waals surface area contributed by atoms with Crippen molar-refractivity contribution in [2.75, 3.05) is 12.4 Å². The van der Waals surface area contributed by atoms with Gasteiger partial charge in [-0.2, -0.15) is 0 Å². The quantitative estimate of drug-likeness (QED) is 0.767. The summed E-state index contributed by atoms with van der Waals surface area (Å²) < 4.78 is 5.45. The molecule has 1 aliphatic carbocycles. The molecule has 1 saturated carbocycles. The van der Waals surface area contributed by atoms with Gasteiger partial charge in [0.25, 0.3) is 5.91 Å². The van der Waals surface area contributed by atoms with E-state index in [0.29, 0.717) is 23.2 Å². The van der Waals surface area contributed by atoms with E-state index in [-0.39, 0.29) is 5.91 Å². The van der Waals surface area contributed by atoms with Crippen LogP contribution in [0, 0.1) is 13.8 Å². The van der Waals surface area contributed by atoms with Crippen molar-refractivity contribution in [3.63, 3.8) is 0 Å². The Kier molecular flexibility index (Phi) is 4.33. The first-order valence-corrected chi connectivity index (χ1v) is 7.11. The van der Waals surface area contributed by atoms with E-state index < -0.39 is 0 Å². The summed E-state index contributed by atoms with van der Waals surface area (Å²) >= 11 is 5.74. The van der Waals surface area contributed by atoms with Crippen LogP contribution in [0.15, 0.2) is 10.5 Å². The van der Waals surface area contributed by atoms with E-state index in [1.54, 1.807) is 0 Å². The summed E-state index contributed by atoms with van der Waals surface area (Å²) in [7, 11) is 0. The fraction of sp³-hybridized carbons (Fsp3) is 0.643. The van der Waals surface area contributed by atoms with Crippen molar-refractivity contribution in [2.45, 2.75) is 45.6 Å². The molecular formula is C14H20ClNO2. The van der Waals surface area contributed by atoms with Crippen LogP contribution in [0.3, 0.4) is 0 Å². The molecule has 4 heteroatoms. The van der Waals surface area contributed by atoms with Gasteiger partial charge < -0.3 is 9.32 Å². The van der Waals surface area contributed by atoms with Gasteiger partial charge in [0, 0.05) is 18.5 Å². The minimum absolute atomic E-state index is 0.0965. The lowest BCUT2D eigenvalue weighted by molar-refractivity contribution is 0.0579. The van der Waals surface area contributed by atoms with Gasteiger partial charge in [-0.15, -0.1) is 11.6 Å². The van der Waals surface area contributed by atoms with Crippen molar-refractivity contribution in [1.29, 1.82) is 0 Å². The summed E-state index contributed by atoms with van der Waals surface area (Å²) in [6, 6.07) is 2.24. The number of furan rings is 1. The van der Waals surface area contributed by atoms with Crippen LogP contribution in [0.1, 0.15) is 47.6 Å². The second-order valence-electron chi connectivity index (χ2n) is 4.95. The van der Waals surface area contributed by atoms with Crippen molar-refractivity contribution < 1.29 is 9.21 Å². The number of carbonyl (C=O) groups excluding carboxylic acids is 1. The maximum absolute atomic E-state index is 12.5. The summed E-state index contributed by atoms with van der Waals surface area (Å²) in [5.41, 5.74) is 0.703. The Balaban J connectivity index is 2.13. The molecule has 1 fully saturated rings. The van der Waals surface area contributed by atoms with Gasteiger partial charge in [-0.1, -0.05) is 0 Å². The number of nitrogens with zero attached hydrogens (tertiary/aromatic N) is 1. The van der Waals surface area contributed by atoms with Crippen LogP contribution in [0.25, 0.3) is 0 Å². The number of alkyl halides is 1. The smallest absolute Gasteiger partial charge is 0.257 e. The molecule has 100 valence electrons. The Morgan fingerprint density at radius 2 is 2.22 bits per heavy atom. The molecule has 1 heterocycles. The second-order valence-corrected chi connectivity index (χ2v) is 5.33. The third-order valence-corrected chi connectivity index (χ3v) is 3.85. The number of hydrogen-bond donors (Lipinski definition) is 0. The third kappa shape index (κ3) is 2.72. The standard InChI is InChI=1S/C14H20ClNO2/c1-10-9-13(11(2)18-10)14(17)16(8-4-7-15)12-5-3-6-12/h9,12H,3-8H2,1-2H3. The highest BCUT2D eigenvalue weighted by atomic mass is 35.5. The Morgan fingerprint density at radius 1 is 1.50 bits per heavy atom. The van der Waals surface area contributed by atoms with Crippen molar-refractivity contribution in [1.82, 2.24) is 4.90 Å². The van der Waals surface area contributed by atoms with E-state index in [4.69, 9.17) is 16.0 Å². The molecule has 0 radical (unpaired) electrons. The van der Waals surface area contributed by atoms with Gasteiger partial charge in [-0.3, -0.25) is 4.79 Å². The molecule has 18 heavy (non-hydrogen) atoms. The van der Waals surface area contributed by atoms with E-state index in [1.165, 1.54) is 6.42 Å². The van der Waals surface area contributed by atoms with Crippen LogP contribution in [0.2, 0.25) is 0 Å². The molecule has 0 aromatic carbocycles. The summed E-state index contributed by atoms with van der Waals surface area (Å²) in [6.45, 7) is 4.47. The second kappa shape index (κ2) is 5.79. The SMILES string of the molecule is Cc1cc(C(=O)N(CCCCl)C2CCC2)c(C)o1. The van der Waals surface area contributed by atoms with Crippen molar-refractivity contribution in [3.05, 3.63) is 23.2 Å². The molecule has 0 aliphatic heterocycles. The van der Waals surface area contributed by atoms with Crippen LogP contribution in [-0.4, -0.2) is 29.3 Å². The van der Waals surface area contributed by atoms with Crippen LogP contribution < -0.4 is 0 Å². The predicted molar refractivity (Wildman–Crippen MR) is 72.2 cm³/mol. The van der Waals surface area contributed by atoms with Crippen LogP contribution in [0.4, 0.5) is 0 Å². The fourth-order valence-corrected chi connectivity index (χ4v) is 2.50. The van der Waals surface area contributed by atoms with Crippen LogP contribution in [-0.2, 0) is 0 Å². The fourth-order valence-electron chi connectivity index (χ4n) is 2.38. The third-order valence-electron chi connectivity index (χ3n) is 3.58. The zero-order valence-electron chi connectivity index (χ0n) is 11.0. The van der Waals surface area contributed by atoms with Gasteiger partial charge in [-0.25, -0.2) is 0 Å². The minimum atomic E-state index is 0.0965. The summed E-state index contributed by atoms with van der Waals surface area (Å²) in [5.74, 6) is 2.20. The normalized spacial score (nSPS) is 15.5. The molecule has 1 aliphatic rings. The first kappa shape index (κ1) is 13.5. The largest absolute Gasteiger partial charge is 0.466 e. The first-order chi connectivity index (χ1) is 8.63. The first-order valence-electron chi connectivity index (χ1n) is 6.57. The molecule has 0 N–H and O–H groups in total. The zero-order valence-corrected chi connectivity index (χ0v) is 11.8. The van der Waals surface area contributed by atoms with Gasteiger partial charge in [0.1, 0.15) is 11.5 Å². The lowest BCUT2D eigenvalue weighted by Gasteiger charge is -2.37. The Labute approximate surface area is 113 Å². The molecule has 0 unspecified atom stereocenters. The molecule has 0 spiro atoms. The maximum Gasteiger partial charge on any atom is 0.257 e. The van der Waals surface area contributed by atoms with Gasteiger partial charge in [-0.05, 0) is 45.6 Å². The van der Waals surface area contributed by atoms with Gasteiger partial charge in [0.15, 0.2) is 0 Å². The predicted octanol–water partition coefficient (Wildman–Crippen LogP) is 3.52. The van der Waals surface area contributed by atoms with E-state index in [1.807, 2.05) is 24.8 Å². The zero-order chi connectivity index (χ0) is 13.1. The number of rotatable bonds is 5. The monoisotopic (exact) mass is 269 g/mol. The highest BCUT2D eigenvalue weighted by Gasteiger charge is 2.30. The topological polar surface area (TPSA) is 33.5 Å². The van der Waals surface area contributed by atoms with Gasteiger partial charge in [0.05, 0.1) is 5.56 Å². The van der Waals surface area contributed by atoms with Crippen molar-refractivity contribution in [2.24, 2.45) is 0 Å². The Morgan fingerprint density at radius 3 is 2.67 bits per heavy atom.